The van der Waals surface area contributed by atoms with Crippen molar-refractivity contribution < 1.29 is 24.2 Å². The summed E-state index contributed by atoms with van der Waals surface area (Å²) >= 11 is 7.09. The number of ether oxygens (including phenoxy) is 1. The number of rotatable bonds is 7. The molecule has 8 heteroatoms. The van der Waals surface area contributed by atoms with Gasteiger partial charge in [-0.3, -0.25) is 9.59 Å². The Kier molecular flexibility index (Phi) is 6.55. The van der Waals surface area contributed by atoms with Crippen molar-refractivity contribution in [2.45, 2.75) is 19.3 Å². The maximum Gasteiger partial charge on any atom is 0.341 e. The zero-order valence-electron chi connectivity index (χ0n) is 13.4. The molecule has 2 N–H and O–H groups in total. The van der Waals surface area contributed by atoms with Gasteiger partial charge in [-0.15, -0.1) is 11.3 Å². The quantitative estimate of drug-likeness (QED) is 0.706. The summed E-state index contributed by atoms with van der Waals surface area (Å²) in [7, 11) is 1.27. The van der Waals surface area contributed by atoms with Gasteiger partial charge in [-0.2, -0.15) is 0 Å². The van der Waals surface area contributed by atoms with Crippen LogP contribution in [0.3, 0.4) is 0 Å². The van der Waals surface area contributed by atoms with Gasteiger partial charge >= 0.3 is 11.9 Å². The van der Waals surface area contributed by atoms with Gasteiger partial charge in [0, 0.05) is 28.8 Å². The predicted octanol–water partition coefficient (Wildman–Crippen LogP) is 4.05. The second-order valence-electron chi connectivity index (χ2n) is 5.15. The summed E-state index contributed by atoms with van der Waals surface area (Å²) in [5, 5.41) is 14.0. The molecule has 0 atom stereocenters. The third-order valence-electron chi connectivity index (χ3n) is 3.38. The van der Waals surface area contributed by atoms with Crippen molar-refractivity contribution in [1.29, 1.82) is 0 Å². The van der Waals surface area contributed by atoms with Crippen LogP contribution in [0.4, 0.5) is 5.00 Å². The van der Waals surface area contributed by atoms with Crippen LogP contribution in [0.1, 0.15) is 29.6 Å². The number of methoxy groups -OCH3 is 1. The summed E-state index contributed by atoms with van der Waals surface area (Å²) in [5.41, 5.74) is 1.67. The van der Waals surface area contributed by atoms with E-state index < -0.39 is 11.9 Å². The molecule has 0 aliphatic rings. The van der Waals surface area contributed by atoms with Crippen molar-refractivity contribution in [3.63, 3.8) is 0 Å². The van der Waals surface area contributed by atoms with Gasteiger partial charge in [0.05, 0.1) is 7.11 Å². The highest BCUT2D eigenvalue weighted by Crippen LogP contribution is 2.36. The molecule has 0 aliphatic heterocycles. The number of aliphatic carboxylic acids is 1. The minimum atomic E-state index is -0.954. The summed E-state index contributed by atoms with van der Waals surface area (Å²) in [4.78, 5) is 34.7. The van der Waals surface area contributed by atoms with Crippen molar-refractivity contribution in [3.05, 3.63) is 40.2 Å². The van der Waals surface area contributed by atoms with Crippen LogP contribution in [0.25, 0.3) is 11.1 Å². The Hall–Kier alpha value is -2.38. The molecular weight excluding hydrogens is 366 g/mol. The minimum absolute atomic E-state index is 0.0566. The monoisotopic (exact) mass is 381 g/mol. The molecule has 0 radical (unpaired) electrons. The summed E-state index contributed by atoms with van der Waals surface area (Å²) in [6.45, 7) is 0. The first-order valence-electron chi connectivity index (χ1n) is 7.39. The number of benzene rings is 1. The number of carboxylic acid groups (broad SMARTS) is 1. The molecule has 1 heterocycles. The zero-order valence-corrected chi connectivity index (χ0v) is 14.9. The SMILES string of the molecule is COC(=O)c1c(-c2ccc(Cl)cc2)csc1NC(=O)CCCC(=O)O. The first-order chi connectivity index (χ1) is 11.9. The Balaban J connectivity index is 2.24. The molecule has 0 saturated heterocycles. The summed E-state index contributed by atoms with van der Waals surface area (Å²) < 4.78 is 4.83. The number of carboxylic acids is 1. The number of halogens is 1. The number of esters is 1. The number of hydrogen-bond donors (Lipinski definition) is 2. The molecule has 0 saturated carbocycles. The van der Waals surface area contributed by atoms with E-state index in [9.17, 15) is 14.4 Å². The number of nitrogens with one attached hydrogen (secondary N) is 1. The van der Waals surface area contributed by atoms with Gasteiger partial charge in [0.1, 0.15) is 10.6 Å². The summed E-state index contributed by atoms with van der Waals surface area (Å²) in [6, 6.07) is 6.96. The molecule has 132 valence electrons. The molecule has 1 aromatic heterocycles. The standard InChI is InChI=1S/C17H16ClNO5S/c1-24-17(23)15-12(10-5-7-11(18)8-6-10)9-25-16(15)19-13(20)3-2-4-14(21)22/h5-9H,2-4H2,1H3,(H,19,20)(H,21,22). The Morgan fingerprint density at radius 1 is 1.20 bits per heavy atom. The van der Waals surface area contributed by atoms with Crippen LogP contribution < -0.4 is 5.32 Å². The number of hydrogen-bond acceptors (Lipinski definition) is 5. The number of carbonyl (C=O) groups excluding carboxylic acids is 2. The van der Waals surface area contributed by atoms with E-state index in [1.54, 1.807) is 29.6 Å². The van der Waals surface area contributed by atoms with Gasteiger partial charge in [-0.1, -0.05) is 23.7 Å². The zero-order chi connectivity index (χ0) is 18.4. The lowest BCUT2D eigenvalue weighted by molar-refractivity contribution is -0.137. The topological polar surface area (TPSA) is 92.7 Å². The van der Waals surface area contributed by atoms with Gasteiger partial charge in [-0.05, 0) is 24.1 Å². The maximum absolute atomic E-state index is 12.2. The molecular formula is C17H16ClNO5S. The molecule has 0 aliphatic carbocycles. The van der Waals surface area contributed by atoms with E-state index in [-0.39, 0.29) is 30.7 Å². The van der Waals surface area contributed by atoms with Gasteiger partial charge in [0.15, 0.2) is 0 Å². The normalized spacial score (nSPS) is 10.3. The Morgan fingerprint density at radius 3 is 2.48 bits per heavy atom. The second kappa shape index (κ2) is 8.64. The Labute approximate surface area is 153 Å². The third kappa shape index (κ3) is 5.04. The lowest BCUT2D eigenvalue weighted by Gasteiger charge is -2.08. The fourth-order valence-electron chi connectivity index (χ4n) is 2.19. The molecule has 2 aromatic rings. The highest BCUT2D eigenvalue weighted by molar-refractivity contribution is 7.15. The van der Waals surface area contributed by atoms with Crippen LogP contribution in [0, 0.1) is 0 Å². The maximum atomic E-state index is 12.2. The van der Waals surface area contributed by atoms with E-state index in [4.69, 9.17) is 21.4 Å². The highest BCUT2D eigenvalue weighted by Gasteiger charge is 2.22. The van der Waals surface area contributed by atoms with Crippen LogP contribution in [0.15, 0.2) is 29.6 Å². The lowest BCUT2D eigenvalue weighted by atomic mass is 10.0. The molecule has 2 rings (SSSR count). The van der Waals surface area contributed by atoms with Crippen molar-refractivity contribution in [3.8, 4) is 11.1 Å². The van der Waals surface area contributed by atoms with E-state index in [0.29, 0.717) is 15.6 Å². The van der Waals surface area contributed by atoms with Gasteiger partial charge in [0.2, 0.25) is 5.91 Å². The average molecular weight is 382 g/mol. The van der Waals surface area contributed by atoms with Crippen molar-refractivity contribution >= 4 is 45.8 Å². The van der Waals surface area contributed by atoms with Gasteiger partial charge in [0.25, 0.3) is 0 Å². The summed E-state index contributed by atoms with van der Waals surface area (Å²) in [6.07, 6.45) is 0.197. The third-order valence-corrected chi connectivity index (χ3v) is 4.53. The van der Waals surface area contributed by atoms with Crippen molar-refractivity contribution in [2.75, 3.05) is 12.4 Å². The van der Waals surface area contributed by atoms with E-state index in [0.717, 1.165) is 5.56 Å². The fourth-order valence-corrected chi connectivity index (χ4v) is 3.29. The van der Waals surface area contributed by atoms with E-state index in [1.807, 2.05) is 0 Å². The van der Waals surface area contributed by atoms with Crippen molar-refractivity contribution in [2.24, 2.45) is 0 Å². The molecule has 0 bridgehead atoms. The van der Waals surface area contributed by atoms with Crippen LogP contribution in [-0.2, 0) is 14.3 Å². The Morgan fingerprint density at radius 2 is 1.88 bits per heavy atom. The lowest BCUT2D eigenvalue weighted by Crippen LogP contribution is -2.14. The summed E-state index contributed by atoms with van der Waals surface area (Å²) in [5.74, 6) is -1.87. The number of carbonyl (C=O) groups is 3. The van der Waals surface area contributed by atoms with E-state index in [2.05, 4.69) is 5.32 Å². The molecule has 6 nitrogen and oxygen atoms in total. The van der Waals surface area contributed by atoms with Gasteiger partial charge in [-0.25, -0.2) is 4.79 Å². The fraction of sp³-hybridized carbons (Fsp3) is 0.235. The second-order valence-corrected chi connectivity index (χ2v) is 6.46. The predicted molar refractivity (Wildman–Crippen MR) is 96.2 cm³/mol. The van der Waals surface area contributed by atoms with Crippen LogP contribution in [0.2, 0.25) is 5.02 Å². The molecule has 0 fully saturated rings. The smallest absolute Gasteiger partial charge is 0.341 e. The Bertz CT molecular complexity index is 785. The van der Waals surface area contributed by atoms with Crippen LogP contribution >= 0.6 is 22.9 Å². The highest BCUT2D eigenvalue weighted by atomic mass is 35.5. The number of thiophene rings is 1. The minimum Gasteiger partial charge on any atom is -0.481 e. The first kappa shape index (κ1) is 19.0. The van der Waals surface area contributed by atoms with E-state index >= 15 is 0 Å². The molecule has 1 aromatic carbocycles. The first-order valence-corrected chi connectivity index (χ1v) is 8.65. The number of amides is 1. The molecule has 1 amide bonds. The van der Waals surface area contributed by atoms with Crippen molar-refractivity contribution in [1.82, 2.24) is 0 Å². The average Bonchev–Trinajstić information content (AvgIpc) is 2.98. The largest absolute Gasteiger partial charge is 0.481 e. The molecule has 0 spiro atoms. The molecule has 0 unspecified atom stereocenters. The van der Waals surface area contributed by atoms with Gasteiger partial charge < -0.3 is 15.2 Å². The van der Waals surface area contributed by atoms with Crippen LogP contribution in [0.5, 0.6) is 0 Å². The van der Waals surface area contributed by atoms with E-state index in [1.165, 1.54) is 18.4 Å². The van der Waals surface area contributed by atoms with Crippen LogP contribution in [-0.4, -0.2) is 30.1 Å². The number of anilines is 1. The molecule has 25 heavy (non-hydrogen) atoms.